The van der Waals surface area contributed by atoms with Crippen molar-refractivity contribution in [2.24, 2.45) is 0 Å². The number of pyridine rings is 1. The van der Waals surface area contributed by atoms with E-state index in [0.717, 1.165) is 5.88 Å². The summed E-state index contributed by atoms with van der Waals surface area (Å²) in [4.78, 5) is 0. The van der Waals surface area contributed by atoms with Crippen LogP contribution in [0.25, 0.3) is 0 Å². The van der Waals surface area contributed by atoms with Crippen LogP contribution in [0.3, 0.4) is 0 Å². The molecule has 1 aromatic rings. The van der Waals surface area contributed by atoms with Gasteiger partial charge in [0.15, 0.2) is 12.2 Å². The fourth-order valence-electron chi connectivity index (χ4n) is 1.21. The number of nitrogens with zero attached hydrogens (tertiary/aromatic N) is 1. The predicted octanol–water partition coefficient (Wildman–Crippen LogP) is 2.34. The molecule has 13 heavy (non-hydrogen) atoms. The van der Waals surface area contributed by atoms with Crippen molar-refractivity contribution in [2.75, 3.05) is 0 Å². The van der Waals surface area contributed by atoms with Crippen molar-refractivity contribution in [3.05, 3.63) is 24.4 Å². The highest BCUT2D eigenvalue weighted by atomic mass is 16.5. The minimum atomic E-state index is 0.229. The molecule has 0 aromatic carbocycles. The summed E-state index contributed by atoms with van der Waals surface area (Å²) in [6, 6.07) is 6.46. The molecule has 0 aliphatic rings. The molecule has 0 N–H and O–H groups in total. The topological polar surface area (TPSA) is 13.1 Å². The van der Waals surface area contributed by atoms with E-state index in [9.17, 15) is 0 Å². The lowest BCUT2D eigenvalue weighted by Crippen LogP contribution is -2.38. The van der Waals surface area contributed by atoms with Crippen LogP contribution in [0.5, 0.6) is 5.88 Å². The maximum Gasteiger partial charge on any atom is 0.368 e. The van der Waals surface area contributed by atoms with Crippen LogP contribution in [0.4, 0.5) is 0 Å². The highest BCUT2D eigenvalue weighted by Gasteiger charge is 2.14. The van der Waals surface area contributed by atoms with Gasteiger partial charge in [0.1, 0.15) is 0 Å². The molecule has 0 spiro atoms. The highest BCUT2D eigenvalue weighted by Crippen LogP contribution is 2.07. The lowest BCUT2D eigenvalue weighted by Gasteiger charge is -2.09. The van der Waals surface area contributed by atoms with Gasteiger partial charge in [0, 0.05) is 6.07 Å². The van der Waals surface area contributed by atoms with Crippen molar-refractivity contribution >= 4 is 0 Å². The van der Waals surface area contributed by atoms with Crippen LogP contribution in [0.15, 0.2) is 24.4 Å². The molecular weight excluding hydrogens is 162 g/mol. The third-order valence-corrected chi connectivity index (χ3v) is 1.76. The maximum atomic E-state index is 5.67. The molecule has 1 aromatic heterocycles. The van der Waals surface area contributed by atoms with Gasteiger partial charge >= 0.3 is 5.88 Å². The molecule has 0 saturated heterocycles. The molecular formula is C11H18NO+. The van der Waals surface area contributed by atoms with Crippen molar-refractivity contribution in [3.63, 3.8) is 0 Å². The van der Waals surface area contributed by atoms with Crippen molar-refractivity contribution in [1.29, 1.82) is 0 Å². The summed E-state index contributed by atoms with van der Waals surface area (Å²) in [5.74, 6) is 0.938. The predicted molar refractivity (Wildman–Crippen MR) is 52.8 cm³/mol. The number of ether oxygens (including phenoxy) is 1. The summed E-state index contributed by atoms with van der Waals surface area (Å²) in [6.45, 7) is 8.37. The molecule has 0 fully saturated rings. The minimum absolute atomic E-state index is 0.229. The van der Waals surface area contributed by atoms with Gasteiger partial charge in [0.2, 0.25) is 0 Å². The summed E-state index contributed by atoms with van der Waals surface area (Å²) in [6.07, 6.45) is 2.27. The van der Waals surface area contributed by atoms with Gasteiger partial charge in [-0.3, -0.25) is 0 Å². The molecule has 0 aliphatic heterocycles. The van der Waals surface area contributed by atoms with Crippen molar-refractivity contribution in [3.8, 4) is 5.88 Å². The molecule has 0 atom stereocenters. The molecule has 0 radical (unpaired) electrons. The normalized spacial score (nSPS) is 10.9. The molecule has 0 unspecified atom stereocenters. The Labute approximate surface area is 80.2 Å². The van der Waals surface area contributed by atoms with E-state index in [1.807, 2.05) is 38.2 Å². The number of rotatable bonds is 3. The second-order valence-corrected chi connectivity index (χ2v) is 3.71. The van der Waals surface area contributed by atoms with Gasteiger partial charge in [0.05, 0.1) is 12.2 Å². The molecule has 1 rings (SSSR count). The zero-order chi connectivity index (χ0) is 9.84. The quantitative estimate of drug-likeness (QED) is 0.651. The van der Waals surface area contributed by atoms with E-state index >= 15 is 0 Å². The van der Waals surface area contributed by atoms with Crippen LogP contribution in [0, 0.1) is 0 Å². The van der Waals surface area contributed by atoms with Gasteiger partial charge in [-0.05, 0) is 33.8 Å². The van der Waals surface area contributed by atoms with E-state index in [1.54, 1.807) is 0 Å². The summed E-state index contributed by atoms with van der Waals surface area (Å²) in [7, 11) is 0. The van der Waals surface area contributed by atoms with Crippen LogP contribution in [-0.4, -0.2) is 6.10 Å². The van der Waals surface area contributed by atoms with Crippen LogP contribution >= 0.6 is 0 Å². The molecule has 2 nitrogen and oxygen atoms in total. The molecule has 0 saturated carbocycles. The first-order valence-electron chi connectivity index (χ1n) is 4.78. The van der Waals surface area contributed by atoms with Crippen molar-refractivity contribution in [2.45, 2.75) is 39.8 Å². The van der Waals surface area contributed by atoms with Crippen molar-refractivity contribution < 1.29 is 9.30 Å². The first-order chi connectivity index (χ1) is 6.11. The average molecular weight is 180 g/mol. The Hall–Kier alpha value is -1.05. The van der Waals surface area contributed by atoms with Gasteiger partial charge in [-0.2, -0.15) is 4.57 Å². The van der Waals surface area contributed by atoms with E-state index in [1.165, 1.54) is 0 Å². The van der Waals surface area contributed by atoms with E-state index in [0.29, 0.717) is 6.04 Å². The first-order valence-corrected chi connectivity index (χ1v) is 4.78. The summed E-state index contributed by atoms with van der Waals surface area (Å²) in [5, 5.41) is 0. The summed E-state index contributed by atoms with van der Waals surface area (Å²) < 4.78 is 7.79. The fraction of sp³-hybridized carbons (Fsp3) is 0.545. The third-order valence-electron chi connectivity index (χ3n) is 1.76. The second-order valence-electron chi connectivity index (χ2n) is 3.71. The van der Waals surface area contributed by atoms with Crippen molar-refractivity contribution in [1.82, 2.24) is 0 Å². The number of aromatic nitrogens is 1. The largest absolute Gasteiger partial charge is 0.442 e. The van der Waals surface area contributed by atoms with Gasteiger partial charge < -0.3 is 4.74 Å². The Morgan fingerprint density at radius 2 is 1.85 bits per heavy atom. The Balaban J connectivity index is 2.91. The Bertz CT molecular complexity index is 269. The molecule has 2 heteroatoms. The smallest absolute Gasteiger partial charge is 0.368 e. The molecule has 1 heterocycles. The van der Waals surface area contributed by atoms with E-state index < -0.39 is 0 Å². The maximum absolute atomic E-state index is 5.67. The number of hydrogen-bond acceptors (Lipinski definition) is 1. The third kappa shape index (κ3) is 2.72. The molecule has 0 aliphatic carbocycles. The van der Waals surface area contributed by atoms with Crippen LogP contribution in [0.2, 0.25) is 0 Å². The fourth-order valence-corrected chi connectivity index (χ4v) is 1.21. The molecule has 72 valence electrons. The van der Waals surface area contributed by atoms with Gasteiger partial charge in [0.25, 0.3) is 0 Å². The Morgan fingerprint density at radius 3 is 2.38 bits per heavy atom. The van der Waals surface area contributed by atoms with Crippen LogP contribution in [-0.2, 0) is 0 Å². The molecule has 0 amide bonds. The van der Waals surface area contributed by atoms with Gasteiger partial charge in [-0.15, -0.1) is 0 Å². The van der Waals surface area contributed by atoms with Gasteiger partial charge in [-0.1, -0.05) is 0 Å². The molecule has 0 bridgehead atoms. The standard InChI is InChI=1S/C11H18NO/c1-9(2)12-8-6-5-7-11(12)13-10(3)4/h5-10H,1-4H3/q+1. The minimum Gasteiger partial charge on any atom is -0.442 e. The van der Waals surface area contributed by atoms with Crippen LogP contribution < -0.4 is 9.30 Å². The summed E-state index contributed by atoms with van der Waals surface area (Å²) in [5.41, 5.74) is 0. The highest BCUT2D eigenvalue weighted by molar-refractivity contribution is 5.02. The second kappa shape index (κ2) is 4.26. The monoisotopic (exact) mass is 180 g/mol. The Morgan fingerprint density at radius 1 is 1.15 bits per heavy atom. The van der Waals surface area contributed by atoms with E-state index in [-0.39, 0.29) is 6.10 Å². The first kappa shape index (κ1) is 10.0. The SMILES string of the molecule is CC(C)Oc1cccc[n+]1C(C)C. The Kier molecular flexibility index (Phi) is 3.29. The summed E-state index contributed by atoms with van der Waals surface area (Å²) >= 11 is 0. The zero-order valence-electron chi connectivity index (χ0n) is 8.82. The average Bonchev–Trinajstić information content (AvgIpc) is 2.03. The van der Waals surface area contributed by atoms with Crippen LogP contribution in [0.1, 0.15) is 33.7 Å². The number of hydrogen-bond donors (Lipinski definition) is 0. The van der Waals surface area contributed by atoms with Gasteiger partial charge in [-0.25, -0.2) is 0 Å². The zero-order valence-corrected chi connectivity index (χ0v) is 8.82. The van der Waals surface area contributed by atoms with E-state index in [4.69, 9.17) is 4.74 Å². The van der Waals surface area contributed by atoms with E-state index in [2.05, 4.69) is 18.4 Å². The lowest BCUT2D eigenvalue weighted by atomic mass is 10.3. The lowest BCUT2D eigenvalue weighted by molar-refractivity contribution is -0.721.